The molecule has 4 nitrogen and oxygen atoms in total. The van der Waals surface area contributed by atoms with Gasteiger partial charge < -0.3 is 10.5 Å². The number of hydrogen-bond acceptors (Lipinski definition) is 4. The second-order valence-electron chi connectivity index (χ2n) is 4.77. The average molecular weight is 350 g/mol. The molecule has 19 heavy (non-hydrogen) atoms. The zero-order valence-corrected chi connectivity index (χ0v) is 13.6. The van der Waals surface area contributed by atoms with Gasteiger partial charge in [0.2, 0.25) is 0 Å². The Morgan fingerprint density at radius 3 is 2.68 bits per heavy atom. The highest BCUT2D eigenvalue weighted by molar-refractivity contribution is 9.10. The topological polar surface area (TPSA) is 69.4 Å². The average Bonchev–Trinajstić information content (AvgIpc) is 2.26. The third-order valence-corrected chi connectivity index (χ3v) is 4.29. The smallest absolute Gasteiger partial charge is 0.147 e. The highest BCUT2D eigenvalue weighted by Crippen LogP contribution is 2.23. The van der Waals surface area contributed by atoms with E-state index in [4.69, 9.17) is 10.5 Å². The molecule has 6 heteroatoms. The largest absolute Gasteiger partial charge is 0.494 e. The standard InChI is InChI=1S/C13H20BrNO3S/c1-10(15)8-11-9-12(4-5-13(11)14)18-6-3-7-19(2,16)17/h4-5,9-10H,3,6-8,15H2,1-2H3. The molecule has 0 heterocycles. The van der Waals surface area contributed by atoms with Crippen LogP contribution in [0.4, 0.5) is 0 Å². The molecule has 0 aromatic heterocycles. The van der Waals surface area contributed by atoms with Gasteiger partial charge in [-0.15, -0.1) is 0 Å². The van der Waals surface area contributed by atoms with Crippen LogP contribution in [-0.2, 0) is 16.3 Å². The number of ether oxygens (including phenoxy) is 1. The molecule has 1 unspecified atom stereocenters. The predicted octanol–water partition coefficient (Wildman–Crippen LogP) is 2.15. The fraction of sp³-hybridized carbons (Fsp3) is 0.538. The van der Waals surface area contributed by atoms with Gasteiger partial charge in [0, 0.05) is 16.8 Å². The van der Waals surface area contributed by atoms with Crippen LogP contribution in [0.15, 0.2) is 22.7 Å². The molecule has 0 aliphatic carbocycles. The minimum atomic E-state index is -2.91. The Labute approximate surface area is 123 Å². The van der Waals surface area contributed by atoms with Crippen molar-refractivity contribution in [1.82, 2.24) is 0 Å². The SMILES string of the molecule is CC(N)Cc1cc(OCCCS(C)(=O)=O)ccc1Br. The van der Waals surface area contributed by atoms with Gasteiger partial charge in [-0.2, -0.15) is 0 Å². The summed E-state index contributed by atoms with van der Waals surface area (Å²) in [4.78, 5) is 0. The van der Waals surface area contributed by atoms with Crippen molar-refractivity contribution in [3.8, 4) is 5.75 Å². The Morgan fingerprint density at radius 2 is 2.11 bits per heavy atom. The quantitative estimate of drug-likeness (QED) is 0.765. The van der Waals surface area contributed by atoms with E-state index in [1.54, 1.807) is 0 Å². The summed E-state index contributed by atoms with van der Waals surface area (Å²) in [6.45, 7) is 2.35. The molecule has 1 atom stereocenters. The highest BCUT2D eigenvalue weighted by atomic mass is 79.9. The van der Waals surface area contributed by atoms with Crippen molar-refractivity contribution in [2.45, 2.75) is 25.8 Å². The van der Waals surface area contributed by atoms with Crippen LogP contribution in [-0.4, -0.2) is 33.1 Å². The van der Waals surface area contributed by atoms with Gasteiger partial charge in [-0.1, -0.05) is 15.9 Å². The van der Waals surface area contributed by atoms with E-state index in [2.05, 4.69) is 15.9 Å². The third-order valence-electron chi connectivity index (χ3n) is 2.49. The Bertz CT molecular complexity index is 515. The monoisotopic (exact) mass is 349 g/mol. The number of rotatable bonds is 7. The van der Waals surface area contributed by atoms with Gasteiger partial charge in [-0.3, -0.25) is 0 Å². The number of hydrogen-bond donors (Lipinski definition) is 1. The Hall–Kier alpha value is -0.590. The van der Waals surface area contributed by atoms with Gasteiger partial charge in [0.25, 0.3) is 0 Å². The molecular weight excluding hydrogens is 330 g/mol. The first kappa shape index (κ1) is 16.5. The maximum Gasteiger partial charge on any atom is 0.147 e. The van der Waals surface area contributed by atoms with E-state index in [0.717, 1.165) is 22.2 Å². The molecule has 1 aromatic rings. The number of sulfone groups is 1. The van der Waals surface area contributed by atoms with Crippen molar-refractivity contribution < 1.29 is 13.2 Å². The summed E-state index contributed by atoms with van der Waals surface area (Å²) in [5.74, 6) is 0.892. The molecule has 0 aliphatic rings. The fourth-order valence-electron chi connectivity index (χ4n) is 1.66. The molecule has 108 valence electrons. The van der Waals surface area contributed by atoms with E-state index in [-0.39, 0.29) is 11.8 Å². The summed E-state index contributed by atoms with van der Waals surface area (Å²) < 4.78 is 28.5. The lowest BCUT2D eigenvalue weighted by Crippen LogP contribution is -2.18. The molecule has 1 rings (SSSR count). The van der Waals surface area contributed by atoms with Gasteiger partial charge in [0.15, 0.2) is 0 Å². The lowest BCUT2D eigenvalue weighted by molar-refractivity contribution is 0.317. The highest BCUT2D eigenvalue weighted by Gasteiger charge is 2.06. The van der Waals surface area contributed by atoms with Gasteiger partial charge in [-0.25, -0.2) is 8.42 Å². The zero-order valence-electron chi connectivity index (χ0n) is 11.2. The van der Waals surface area contributed by atoms with Gasteiger partial charge in [0.05, 0.1) is 12.4 Å². The first-order valence-electron chi connectivity index (χ1n) is 6.12. The Kier molecular flexibility index (Phi) is 6.29. The zero-order chi connectivity index (χ0) is 14.5. The lowest BCUT2D eigenvalue weighted by Gasteiger charge is -2.11. The summed E-state index contributed by atoms with van der Waals surface area (Å²) in [5.41, 5.74) is 6.88. The van der Waals surface area contributed by atoms with Crippen molar-refractivity contribution in [3.63, 3.8) is 0 Å². The first-order valence-corrected chi connectivity index (χ1v) is 8.98. The maximum absolute atomic E-state index is 11.0. The van der Waals surface area contributed by atoms with E-state index in [1.807, 2.05) is 25.1 Å². The normalized spacial score (nSPS) is 13.3. The fourth-order valence-corrected chi connectivity index (χ4v) is 2.71. The van der Waals surface area contributed by atoms with Gasteiger partial charge in [0.1, 0.15) is 15.6 Å². The van der Waals surface area contributed by atoms with Crippen LogP contribution in [0.3, 0.4) is 0 Å². The summed E-state index contributed by atoms with van der Waals surface area (Å²) in [5, 5.41) is 0. The number of halogens is 1. The lowest BCUT2D eigenvalue weighted by atomic mass is 10.1. The minimum Gasteiger partial charge on any atom is -0.494 e. The van der Waals surface area contributed by atoms with Crippen LogP contribution in [0.25, 0.3) is 0 Å². The third kappa shape index (κ3) is 6.94. The predicted molar refractivity (Wildman–Crippen MR) is 81.3 cm³/mol. The first-order chi connectivity index (χ1) is 8.78. The summed E-state index contributed by atoms with van der Waals surface area (Å²) >= 11 is 3.48. The summed E-state index contributed by atoms with van der Waals surface area (Å²) in [7, 11) is -2.91. The van der Waals surface area contributed by atoms with Crippen LogP contribution in [0.5, 0.6) is 5.75 Å². The van der Waals surface area contributed by atoms with Crippen LogP contribution in [0, 0.1) is 0 Å². The van der Waals surface area contributed by atoms with Crippen LogP contribution < -0.4 is 10.5 Å². The molecular formula is C13H20BrNO3S. The van der Waals surface area contributed by atoms with E-state index in [1.165, 1.54) is 6.26 Å². The molecule has 0 spiro atoms. The maximum atomic E-state index is 11.0. The Balaban J connectivity index is 2.55. The molecule has 0 amide bonds. The summed E-state index contributed by atoms with van der Waals surface area (Å²) in [6.07, 6.45) is 2.49. The van der Waals surface area contributed by atoms with Gasteiger partial charge >= 0.3 is 0 Å². The van der Waals surface area contributed by atoms with Crippen molar-refractivity contribution >= 4 is 25.8 Å². The van der Waals surface area contributed by atoms with E-state index in [9.17, 15) is 8.42 Å². The molecule has 1 aromatic carbocycles. The molecule has 2 N–H and O–H groups in total. The van der Waals surface area contributed by atoms with Crippen molar-refractivity contribution in [3.05, 3.63) is 28.2 Å². The molecule has 0 radical (unpaired) electrons. The van der Waals surface area contributed by atoms with Crippen LogP contribution >= 0.6 is 15.9 Å². The van der Waals surface area contributed by atoms with Crippen molar-refractivity contribution in [1.29, 1.82) is 0 Å². The molecule has 0 aliphatic heterocycles. The van der Waals surface area contributed by atoms with E-state index >= 15 is 0 Å². The van der Waals surface area contributed by atoms with Crippen LogP contribution in [0.2, 0.25) is 0 Å². The van der Waals surface area contributed by atoms with Crippen molar-refractivity contribution in [2.75, 3.05) is 18.6 Å². The second-order valence-corrected chi connectivity index (χ2v) is 7.88. The number of benzene rings is 1. The molecule has 0 fully saturated rings. The molecule has 0 saturated heterocycles. The van der Waals surface area contributed by atoms with Crippen molar-refractivity contribution in [2.24, 2.45) is 5.73 Å². The molecule has 0 saturated carbocycles. The second kappa shape index (κ2) is 7.26. The van der Waals surface area contributed by atoms with E-state index in [0.29, 0.717) is 13.0 Å². The van der Waals surface area contributed by atoms with E-state index < -0.39 is 9.84 Å². The van der Waals surface area contributed by atoms with Gasteiger partial charge in [-0.05, 0) is 43.5 Å². The summed E-state index contributed by atoms with van der Waals surface area (Å²) in [6, 6.07) is 5.80. The number of nitrogens with two attached hydrogens (primary N) is 1. The Morgan fingerprint density at radius 1 is 1.42 bits per heavy atom. The minimum absolute atomic E-state index is 0.0804. The van der Waals surface area contributed by atoms with Crippen LogP contribution in [0.1, 0.15) is 18.9 Å². The molecule has 0 bridgehead atoms.